The van der Waals surface area contributed by atoms with Crippen LogP contribution in [0.3, 0.4) is 0 Å². The van der Waals surface area contributed by atoms with Gasteiger partial charge in [-0.2, -0.15) is 5.10 Å². The molecule has 3 rings (SSSR count). The average Bonchev–Trinajstić information content (AvgIpc) is 3.25. The second kappa shape index (κ2) is 9.87. The molecule has 0 radical (unpaired) electrons. The number of hydrogen-bond donors (Lipinski definition) is 4. The Bertz CT molecular complexity index is 1130. The molecule has 5 N–H and O–H groups in total. The Morgan fingerprint density at radius 1 is 1.24 bits per heavy atom. The molecule has 0 saturated heterocycles. The van der Waals surface area contributed by atoms with Gasteiger partial charge in [-0.15, -0.1) is 13.2 Å². The second-order valence-corrected chi connectivity index (χ2v) is 7.63. The van der Waals surface area contributed by atoms with Crippen molar-refractivity contribution in [2.75, 3.05) is 5.32 Å². The van der Waals surface area contributed by atoms with Crippen molar-refractivity contribution >= 4 is 23.0 Å². The van der Waals surface area contributed by atoms with Crippen LogP contribution in [-0.2, 0) is 12.0 Å². The van der Waals surface area contributed by atoms with Crippen LogP contribution in [0.2, 0.25) is 0 Å². The van der Waals surface area contributed by atoms with Crippen LogP contribution in [0, 0.1) is 11.6 Å². The van der Waals surface area contributed by atoms with E-state index in [4.69, 9.17) is 18.1 Å². The SMILES string of the molecule is C[C@@H](N(N)C(=S)Nc1ccc(OC(F)(F)F)cc1)[C@@](O)(Cc1ncn[nH]1)c1ccc(F)cc1F. The molecule has 0 unspecified atom stereocenters. The first kappa shape index (κ1) is 25.3. The molecule has 182 valence electrons. The van der Waals surface area contributed by atoms with Crippen LogP contribution in [0.4, 0.5) is 27.6 Å². The first-order chi connectivity index (χ1) is 15.9. The number of rotatable bonds is 7. The lowest BCUT2D eigenvalue weighted by atomic mass is 9.83. The molecule has 0 aliphatic carbocycles. The number of aromatic nitrogens is 3. The zero-order chi connectivity index (χ0) is 25.1. The number of aromatic amines is 1. The minimum Gasteiger partial charge on any atom is -0.406 e. The number of H-pyrrole nitrogens is 1. The number of aliphatic hydroxyl groups is 1. The Labute approximate surface area is 195 Å². The van der Waals surface area contributed by atoms with E-state index in [0.717, 1.165) is 29.3 Å². The van der Waals surface area contributed by atoms with E-state index in [0.29, 0.717) is 6.07 Å². The molecule has 2 atom stereocenters. The van der Waals surface area contributed by atoms with Crippen molar-refractivity contribution in [1.29, 1.82) is 0 Å². The molecule has 1 heterocycles. The summed E-state index contributed by atoms with van der Waals surface area (Å²) in [6, 6.07) is 6.26. The van der Waals surface area contributed by atoms with E-state index in [1.807, 2.05) is 0 Å². The van der Waals surface area contributed by atoms with Gasteiger partial charge in [0.05, 0.1) is 6.04 Å². The highest BCUT2D eigenvalue weighted by Gasteiger charge is 2.42. The standard InChI is InChI=1S/C20H19F5N6O2S/c1-11(31(26)18(34)29-13-3-5-14(6-4-13)33-20(23,24)25)19(32,9-17-27-10-28-30-17)15-7-2-12(21)8-16(15)22/h2-8,10-11,32H,9,26H2,1H3,(H,29,34)(H,27,28,30)/t11-,19+/m1/s1. The predicted octanol–water partition coefficient (Wildman–Crippen LogP) is 3.37. The number of benzene rings is 2. The Balaban J connectivity index is 1.82. The first-order valence-corrected chi connectivity index (χ1v) is 10.0. The van der Waals surface area contributed by atoms with Crippen molar-refractivity contribution in [1.82, 2.24) is 20.2 Å². The fraction of sp³-hybridized carbons (Fsp3) is 0.250. The molecule has 3 aromatic rings. The maximum Gasteiger partial charge on any atom is 0.573 e. The van der Waals surface area contributed by atoms with Gasteiger partial charge in [0.25, 0.3) is 0 Å². The monoisotopic (exact) mass is 502 g/mol. The third kappa shape index (κ3) is 5.95. The quantitative estimate of drug-likeness (QED) is 0.168. The Kier molecular flexibility index (Phi) is 7.33. The smallest absolute Gasteiger partial charge is 0.406 e. The van der Waals surface area contributed by atoms with Crippen LogP contribution >= 0.6 is 12.2 Å². The summed E-state index contributed by atoms with van der Waals surface area (Å²) >= 11 is 5.25. The molecule has 14 heteroatoms. The zero-order valence-electron chi connectivity index (χ0n) is 17.5. The maximum absolute atomic E-state index is 14.7. The summed E-state index contributed by atoms with van der Waals surface area (Å²) in [6.45, 7) is 1.45. The maximum atomic E-state index is 14.7. The lowest BCUT2D eigenvalue weighted by Crippen LogP contribution is -2.57. The molecular formula is C20H19F5N6O2S. The number of ether oxygens (including phenoxy) is 1. The summed E-state index contributed by atoms with van der Waals surface area (Å²) in [5.41, 5.74) is -2.04. The molecule has 0 aliphatic heterocycles. The number of thiocarbonyl (C=S) groups is 1. The predicted molar refractivity (Wildman–Crippen MR) is 115 cm³/mol. The van der Waals surface area contributed by atoms with E-state index in [9.17, 15) is 27.1 Å². The van der Waals surface area contributed by atoms with Gasteiger partial charge in [0.2, 0.25) is 0 Å². The number of hydrogen-bond acceptors (Lipinski definition) is 6. The van der Waals surface area contributed by atoms with Crippen LogP contribution in [-0.4, -0.2) is 42.8 Å². The molecule has 0 aliphatic rings. The number of hydrazine groups is 1. The largest absolute Gasteiger partial charge is 0.573 e. The van der Waals surface area contributed by atoms with Crippen LogP contribution in [0.5, 0.6) is 5.75 Å². The van der Waals surface area contributed by atoms with Gasteiger partial charge in [0.15, 0.2) is 5.11 Å². The van der Waals surface area contributed by atoms with Gasteiger partial charge in [0, 0.05) is 23.7 Å². The number of anilines is 1. The Morgan fingerprint density at radius 3 is 2.47 bits per heavy atom. The van der Waals surface area contributed by atoms with Crippen molar-refractivity contribution in [3.8, 4) is 5.75 Å². The van der Waals surface area contributed by atoms with Crippen LogP contribution in [0.25, 0.3) is 0 Å². The van der Waals surface area contributed by atoms with Crippen molar-refractivity contribution in [3.63, 3.8) is 0 Å². The van der Waals surface area contributed by atoms with Gasteiger partial charge < -0.3 is 15.2 Å². The zero-order valence-corrected chi connectivity index (χ0v) is 18.3. The first-order valence-electron chi connectivity index (χ1n) is 9.62. The summed E-state index contributed by atoms with van der Waals surface area (Å²) < 4.78 is 68.9. The highest BCUT2D eigenvalue weighted by atomic mass is 32.1. The van der Waals surface area contributed by atoms with Crippen molar-refractivity contribution in [3.05, 3.63) is 71.8 Å². The topological polar surface area (TPSA) is 112 Å². The van der Waals surface area contributed by atoms with Gasteiger partial charge in [0.1, 0.15) is 35.1 Å². The van der Waals surface area contributed by atoms with E-state index in [1.54, 1.807) is 0 Å². The van der Waals surface area contributed by atoms with E-state index < -0.39 is 35.4 Å². The molecule has 0 fully saturated rings. The van der Waals surface area contributed by atoms with Crippen LogP contribution in [0.15, 0.2) is 48.8 Å². The van der Waals surface area contributed by atoms with Crippen LogP contribution < -0.4 is 15.9 Å². The lowest BCUT2D eigenvalue weighted by molar-refractivity contribution is -0.274. The van der Waals surface area contributed by atoms with Crippen molar-refractivity contribution in [2.24, 2.45) is 5.84 Å². The van der Waals surface area contributed by atoms with Crippen LogP contribution in [0.1, 0.15) is 18.3 Å². The summed E-state index contributed by atoms with van der Waals surface area (Å²) in [6.07, 6.45) is -3.92. The summed E-state index contributed by atoms with van der Waals surface area (Å²) in [4.78, 5) is 3.94. The number of nitrogens with one attached hydrogen (secondary N) is 2. The van der Waals surface area contributed by atoms with Gasteiger partial charge in [-0.25, -0.2) is 19.6 Å². The fourth-order valence-corrected chi connectivity index (χ4v) is 3.49. The van der Waals surface area contributed by atoms with Crippen molar-refractivity contribution in [2.45, 2.75) is 31.3 Å². The third-order valence-corrected chi connectivity index (χ3v) is 5.29. The van der Waals surface area contributed by atoms with E-state index in [1.165, 1.54) is 25.4 Å². The molecule has 34 heavy (non-hydrogen) atoms. The van der Waals surface area contributed by atoms with Gasteiger partial charge in [-0.1, -0.05) is 6.07 Å². The second-order valence-electron chi connectivity index (χ2n) is 7.24. The van der Waals surface area contributed by atoms with E-state index in [2.05, 4.69) is 25.2 Å². The molecule has 2 aromatic carbocycles. The van der Waals surface area contributed by atoms with E-state index in [-0.39, 0.29) is 28.6 Å². The van der Waals surface area contributed by atoms with E-state index >= 15 is 0 Å². The highest BCUT2D eigenvalue weighted by Crippen LogP contribution is 2.33. The summed E-state index contributed by atoms with van der Waals surface area (Å²) in [7, 11) is 0. The molecule has 0 amide bonds. The highest BCUT2D eigenvalue weighted by molar-refractivity contribution is 7.80. The minimum atomic E-state index is -4.84. The number of nitrogens with zero attached hydrogens (tertiary/aromatic N) is 3. The van der Waals surface area contributed by atoms with Crippen molar-refractivity contribution < 1.29 is 31.8 Å². The normalized spacial score (nSPS) is 14.2. The summed E-state index contributed by atoms with van der Waals surface area (Å²) in [5, 5.41) is 21.3. The average molecular weight is 502 g/mol. The molecule has 0 bridgehead atoms. The third-order valence-electron chi connectivity index (χ3n) is 4.98. The molecular weight excluding hydrogens is 483 g/mol. The Morgan fingerprint density at radius 2 is 1.91 bits per heavy atom. The molecule has 8 nitrogen and oxygen atoms in total. The van der Waals surface area contributed by atoms with Gasteiger partial charge >= 0.3 is 6.36 Å². The Hall–Kier alpha value is -3.36. The molecule has 0 saturated carbocycles. The summed E-state index contributed by atoms with van der Waals surface area (Å²) in [5.74, 6) is 4.02. The minimum absolute atomic E-state index is 0.143. The molecule has 1 aromatic heterocycles. The fourth-order valence-electron chi connectivity index (χ4n) is 3.21. The number of halogens is 5. The molecule has 0 spiro atoms. The number of nitrogens with two attached hydrogens (primary N) is 1. The van der Waals surface area contributed by atoms with Gasteiger partial charge in [-0.05, 0) is 49.5 Å². The lowest BCUT2D eigenvalue weighted by Gasteiger charge is -2.40. The number of alkyl halides is 3. The van der Waals surface area contributed by atoms with Gasteiger partial charge in [-0.3, -0.25) is 10.1 Å².